The van der Waals surface area contributed by atoms with Crippen molar-refractivity contribution in [1.82, 2.24) is 5.32 Å². The number of aliphatic hydroxyl groups excluding tert-OH is 5. The van der Waals surface area contributed by atoms with Crippen molar-refractivity contribution in [2.45, 2.75) is 448 Å². The average molecular weight is 1300 g/mol. The minimum absolute atomic E-state index is 0.0172. The zero-order valence-corrected chi connectivity index (χ0v) is 60.5. The Bertz CT molecular complexity index is 1620. The van der Waals surface area contributed by atoms with E-state index in [4.69, 9.17) is 14.2 Å². The molecule has 1 amide bonds. The predicted octanol–water partition coefficient (Wildman–Crippen LogP) is 21.7. The molecule has 1 aliphatic rings. The van der Waals surface area contributed by atoms with Crippen LogP contribution in [0.5, 0.6) is 0 Å². The van der Waals surface area contributed by atoms with Crippen LogP contribution in [0, 0.1) is 0 Å². The van der Waals surface area contributed by atoms with Crippen LogP contribution in [0.3, 0.4) is 0 Å². The van der Waals surface area contributed by atoms with Crippen LogP contribution in [0.25, 0.3) is 0 Å². The molecule has 7 atom stereocenters. The zero-order chi connectivity index (χ0) is 66.5. The Kier molecular flexibility index (Phi) is 67.1. The van der Waals surface area contributed by atoms with E-state index in [1.807, 2.05) is 6.08 Å². The molecular formula is C81H153NO10. The highest BCUT2D eigenvalue weighted by Crippen LogP contribution is 2.24. The Morgan fingerprint density at radius 3 is 1.10 bits per heavy atom. The van der Waals surface area contributed by atoms with Gasteiger partial charge in [0.05, 0.1) is 32.0 Å². The van der Waals surface area contributed by atoms with E-state index in [0.29, 0.717) is 19.4 Å². The van der Waals surface area contributed by atoms with Gasteiger partial charge in [-0.15, -0.1) is 0 Å². The van der Waals surface area contributed by atoms with Crippen molar-refractivity contribution in [1.29, 1.82) is 0 Å². The van der Waals surface area contributed by atoms with Crippen molar-refractivity contribution < 1.29 is 49.3 Å². The smallest absolute Gasteiger partial charge is 0.305 e. The minimum Gasteiger partial charge on any atom is -0.466 e. The molecule has 0 aliphatic carbocycles. The maximum absolute atomic E-state index is 13.0. The summed E-state index contributed by atoms with van der Waals surface area (Å²) in [5.41, 5.74) is 0. The van der Waals surface area contributed by atoms with Gasteiger partial charge < -0.3 is 45.1 Å². The number of amides is 1. The molecule has 0 aromatic carbocycles. The first-order valence-corrected chi connectivity index (χ1v) is 40.3. The van der Waals surface area contributed by atoms with Crippen molar-refractivity contribution in [3.63, 3.8) is 0 Å². The van der Waals surface area contributed by atoms with Crippen LogP contribution in [0.4, 0.5) is 0 Å². The highest BCUT2D eigenvalue weighted by molar-refractivity contribution is 5.76. The lowest BCUT2D eigenvalue weighted by Crippen LogP contribution is -2.60. The van der Waals surface area contributed by atoms with Crippen molar-refractivity contribution in [3.8, 4) is 0 Å². The molecule has 1 saturated heterocycles. The van der Waals surface area contributed by atoms with Gasteiger partial charge in [0.25, 0.3) is 0 Å². The van der Waals surface area contributed by atoms with E-state index in [0.717, 1.165) is 57.8 Å². The zero-order valence-electron chi connectivity index (χ0n) is 60.5. The van der Waals surface area contributed by atoms with E-state index in [1.165, 1.54) is 321 Å². The summed E-state index contributed by atoms with van der Waals surface area (Å²) in [6, 6.07) is -0.807. The Balaban J connectivity index is 1.87. The van der Waals surface area contributed by atoms with Gasteiger partial charge >= 0.3 is 5.97 Å². The van der Waals surface area contributed by atoms with Crippen LogP contribution in [-0.2, 0) is 23.8 Å². The first-order chi connectivity index (χ1) is 45.2. The molecule has 92 heavy (non-hydrogen) atoms. The Hall–Kier alpha value is -2.12. The third-order valence-electron chi connectivity index (χ3n) is 19.2. The minimum atomic E-state index is -1.57. The molecule has 542 valence electrons. The van der Waals surface area contributed by atoms with Crippen LogP contribution < -0.4 is 5.32 Å². The summed E-state index contributed by atoms with van der Waals surface area (Å²) in [7, 11) is 0. The molecule has 11 nitrogen and oxygen atoms in total. The molecule has 0 bridgehead atoms. The standard InChI is InChI=1S/C81H153NO10/c1-3-5-7-9-11-13-15-16-17-39-43-46-49-53-57-61-65-69-77(86)90-70-66-62-58-54-50-47-44-41-38-36-34-32-30-28-26-24-22-20-18-19-21-23-25-27-29-31-33-35-37-40-42-45-48-52-56-60-64-68-76(85)82-73(72-91-81-80(89)79(88)78(87)75(71-83)92-81)74(84)67-63-59-55-51-14-12-10-8-6-4-2/h18,20,24,26,63,67,73-75,78-81,83-84,87-89H,3-17,19,21-23,25,27-62,64-66,68-72H2,1-2H3,(H,82,85)/b20-18-,26-24-,67-63+. The fourth-order valence-electron chi connectivity index (χ4n) is 12.9. The van der Waals surface area contributed by atoms with Crippen LogP contribution in [-0.4, -0.2) is 100 Å². The summed E-state index contributed by atoms with van der Waals surface area (Å²) < 4.78 is 16.8. The van der Waals surface area contributed by atoms with Gasteiger partial charge in [-0.2, -0.15) is 0 Å². The van der Waals surface area contributed by atoms with Crippen LogP contribution in [0.2, 0.25) is 0 Å². The third-order valence-corrected chi connectivity index (χ3v) is 19.2. The highest BCUT2D eigenvalue weighted by Gasteiger charge is 2.44. The van der Waals surface area contributed by atoms with Gasteiger partial charge in [0.2, 0.25) is 5.91 Å². The maximum Gasteiger partial charge on any atom is 0.305 e. The number of hydrogen-bond donors (Lipinski definition) is 6. The Labute approximate surface area is 568 Å². The number of nitrogens with one attached hydrogen (secondary N) is 1. The molecule has 1 aliphatic heterocycles. The maximum atomic E-state index is 13.0. The summed E-state index contributed by atoms with van der Waals surface area (Å²) in [5.74, 6) is -0.161. The van der Waals surface area contributed by atoms with Crippen LogP contribution in [0.15, 0.2) is 36.5 Å². The number of carbonyl (C=O) groups is 2. The third kappa shape index (κ3) is 58.1. The monoisotopic (exact) mass is 1300 g/mol. The molecule has 0 radical (unpaired) electrons. The fourth-order valence-corrected chi connectivity index (χ4v) is 12.9. The van der Waals surface area contributed by atoms with Gasteiger partial charge in [0.15, 0.2) is 6.29 Å². The number of carbonyl (C=O) groups excluding carboxylic acids is 2. The second kappa shape index (κ2) is 70.2. The van der Waals surface area contributed by atoms with E-state index in [9.17, 15) is 35.1 Å². The second-order valence-corrected chi connectivity index (χ2v) is 28.1. The van der Waals surface area contributed by atoms with E-state index >= 15 is 0 Å². The lowest BCUT2D eigenvalue weighted by Gasteiger charge is -2.40. The van der Waals surface area contributed by atoms with E-state index in [1.54, 1.807) is 6.08 Å². The molecule has 11 heteroatoms. The van der Waals surface area contributed by atoms with Gasteiger partial charge in [-0.3, -0.25) is 9.59 Å². The second-order valence-electron chi connectivity index (χ2n) is 28.1. The number of aliphatic hydroxyl groups is 5. The van der Waals surface area contributed by atoms with Crippen LogP contribution in [0.1, 0.15) is 406 Å². The first kappa shape index (κ1) is 87.9. The largest absolute Gasteiger partial charge is 0.466 e. The fraction of sp³-hybridized carbons (Fsp3) is 0.901. The molecular weight excluding hydrogens is 1150 g/mol. The molecule has 7 unspecified atom stereocenters. The van der Waals surface area contributed by atoms with Gasteiger partial charge in [-0.1, -0.05) is 365 Å². The SMILES string of the molecule is CCCCCCCCCC/C=C/C(O)C(COC1OC(CO)C(O)C(O)C1O)NC(=O)CCCCCCCCCCCCCCCCCCC/C=C\C/C=C\CCCCCCCCCCCCCCCOC(=O)CCCCCCCCCCCCCCCCCCC. The molecule has 0 spiro atoms. The van der Waals surface area contributed by atoms with Gasteiger partial charge in [0.1, 0.15) is 24.4 Å². The van der Waals surface area contributed by atoms with Crippen LogP contribution >= 0.6 is 0 Å². The van der Waals surface area contributed by atoms with Crippen molar-refractivity contribution in [2.75, 3.05) is 19.8 Å². The Morgan fingerprint density at radius 2 is 0.728 bits per heavy atom. The summed E-state index contributed by atoms with van der Waals surface area (Å²) in [5, 5.41) is 54.4. The summed E-state index contributed by atoms with van der Waals surface area (Å²) in [4.78, 5) is 25.2. The first-order valence-electron chi connectivity index (χ1n) is 40.3. The summed E-state index contributed by atoms with van der Waals surface area (Å²) in [6.45, 7) is 4.38. The highest BCUT2D eigenvalue weighted by atomic mass is 16.7. The molecule has 1 fully saturated rings. The predicted molar refractivity (Wildman–Crippen MR) is 389 cm³/mol. The molecule has 1 heterocycles. The molecule has 6 N–H and O–H groups in total. The van der Waals surface area contributed by atoms with Crippen molar-refractivity contribution in [2.24, 2.45) is 0 Å². The molecule has 0 aromatic rings. The normalized spacial score (nSPS) is 17.7. The number of allylic oxidation sites excluding steroid dienone is 5. The summed E-state index contributed by atoms with van der Waals surface area (Å²) in [6.07, 6.45) is 81.9. The number of hydrogen-bond acceptors (Lipinski definition) is 10. The molecule has 1 rings (SSSR count). The molecule has 0 aromatic heterocycles. The summed E-state index contributed by atoms with van der Waals surface area (Å²) >= 11 is 0. The quantitative estimate of drug-likeness (QED) is 0.0195. The lowest BCUT2D eigenvalue weighted by molar-refractivity contribution is -0.302. The molecule has 0 saturated carbocycles. The number of rotatable bonds is 72. The lowest BCUT2D eigenvalue weighted by atomic mass is 9.99. The number of ether oxygens (including phenoxy) is 3. The number of unbranched alkanes of at least 4 members (excludes halogenated alkanes) is 54. The van der Waals surface area contributed by atoms with Gasteiger partial charge in [-0.25, -0.2) is 0 Å². The van der Waals surface area contributed by atoms with Gasteiger partial charge in [0, 0.05) is 12.8 Å². The number of esters is 1. The van der Waals surface area contributed by atoms with E-state index < -0.39 is 49.5 Å². The van der Waals surface area contributed by atoms with Crippen molar-refractivity contribution >= 4 is 11.9 Å². The average Bonchev–Trinajstić information content (AvgIpc) is 1.01. The van der Waals surface area contributed by atoms with E-state index in [-0.39, 0.29) is 18.5 Å². The topological polar surface area (TPSA) is 175 Å². The Morgan fingerprint density at radius 1 is 0.402 bits per heavy atom. The van der Waals surface area contributed by atoms with Crippen molar-refractivity contribution in [3.05, 3.63) is 36.5 Å². The van der Waals surface area contributed by atoms with E-state index in [2.05, 4.69) is 43.5 Å². The van der Waals surface area contributed by atoms with Gasteiger partial charge in [-0.05, 0) is 64.2 Å².